The van der Waals surface area contributed by atoms with E-state index in [9.17, 15) is 0 Å². The molecule has 0 aromatic rings. The molecule has 0 radical (unpaired) electrons. The summed E-state index contributed by atoms with van der Waals surface area (Å²) in [5.74, 6) is 0.565. The summed E-state index contributed by atoms with van der Waals surface area (Å²) in [6.07, 6.45) is 7.78. The molecule has 68 valence electrons. The molecule has 0 aliphatic heterocycles. The summed E-state index contributed by atoms with van der Waals surface area (Å²) in [6, 6.07) is 0. The van der Waals surface area contributed by atoms with E-state index in [1.54, 1.807) is 0 Å². The first-order valence-corrected chi connectivity index (χ1v) is 4.64. The summed E-state index contributed by atoms with van der Waals surface area (Å²) in [7, 11) is 0. The fourth-order valence-electron chi connectivity index (χ4n) is 1.28. The lowest BCUT2D eigenvalue weighted by molar-refractivity contribution is 0.658. The smallest absolute Gasteiger partial charge is 0.0202 e. The number of hydrogen-bond acceptors (Lipinski definition) is 2. The van der Waals surface area contributed by atoms with Crippen molar-refractivity contribution in [1.29, 1.82) is 0 Å². The van der Waals surface area contributed by atoms with Gasteiger partial charge < -0.3 is 11.1 Å². The Morgan fingerprint density at radius 1 is 1.67 bits per heavy atom. The largest absolute Gasteiger partial charge is 0.330 e. The molecule has 3 N–H and O–H groups in total. The first-order valence-electron chi connectivity index (χ1n) is 4.64. The molecule has 0 saturated heterocycles. The number of likely N-dealkylation sites (N-methyl/N-ethyl adjacent to an activating group) is 1. The van der Waals surface area contributed by atoms with Crippen LogP contribution in [0.3, 0.4) is 0 Å². The Morgan fingerprint density at radius 3 is 3.00 bits per heavy atom. The normalized spacial score (nSPS) is 22.5. The maximum atomic E-state index is 5.55. The van der Waals surface area contributed by atoms with Gasteiger partial charge in [0.2, 0.25) is 0 Å². The molecule has 12 heavy (non-hydrogen) atoms. The second-order valence-corrected chi connectivity index (χ2v) is 3.15. The zero-order valence-corrected chi connectivity index (χ0v) is 7.72. The molecule has 0 fully saturated rings. The zero-order chi connectivity index (χ0) is 8.81. The summed E-state index contributed by atoms with van der Waals surface area (Å²) in [6.45, 7) is 4.91. The molecule has 1 aliphatic rings. The molecule has 2 heteroatoms. The molecule has 2 nitrogen and oxygen atoms in total. The molecule has 1 rings (SSSR count). The molecule has 0 heterocycles. The molecule has 1 atom stereocenters. The molecular formula is C10H18N2. The highest BCUT2D eigenvalue weighted by molar-refractivity contribution is 5.25. The van der Waals surface area contributed by atoms with E-state index in [4.69, 9.17) is 5.73 Å². The predicted octanol–water partition coefficient (Wildman–Crippen LogP) is 1.06. The highest BCUT2D eigenvalue weighted by Gasteiger charge is 2.05. The number of hydrogen-bond donors (Lipinski definition) is 2. The standard InChI is InChI=1S/C10H18N2/c1-2-12-8-10-5-3-9(7-11)4-6-10/h3,5-6,9,12H,2,4,7-8,11H2,1H3. The average Bonchev–Trinajstić information content (AvgIpc) is 2.15. The van der Waals surface area contributed by atoms with Crippen LogP contribution in [-0.2, 0) is 0 Å². The highest BCUT2D eigenvalue weighted by atomic mass is 14.8. The molecule has 0 saturated carbocycles. The van der Waals surface area contributed by atoms with E-state index in [2.05, 4.69) is 30.5 Å². The quantitative estimate of drug-likeness (QED) is 0.655. The lowest BCUT2D eigenvalue weighted by Gasteiger charge is -2.13. The third-order valence-corrected chi connectivity index (χ3v) is 2.15. The van der Waals surface area contributed by atoms with Crippen LogP contribution in [0.5, 0.6) is 0 Å². The van der Waals surface area contributed by atoms with E-state index in [-0.39, 0.29) is 0 Å². The Labute approximate surface area is 74.5 Å². The molecule has 0 aromatic carbocycles. The van der Waals surface area contributed by atoms with Crippen LogP contribution in [0.4, 0.5) is 0 Å². The van der Waals surface area contributed by atoms with Crippen LogP contribution in [0.25, 0.3) is 0 Å². The fraction of sp³-hybridized carbons (Fsp3) is 0.600. The van der Waals surface area contributed by atoms with Gasteiger partial charge in [-0.25, -0.2) is 0 Å². The van der Waals surface area contributed by atoms with E-state index in [0.717, 1.165) is 26.1 Å². The third kappa shape index (κ3) is 2.80. The Balaban J connectivity index is 2.31. The monoisotopic (exact) mass is 166 g/mol. The Bertz CT molecular complexity index is 182. The molecule has 0 aromatic heterocycles. The van der Waals surface area contributed by atoms with Gasteiger partial charge in [-0.1, -0.05) is 25.2 Å². The summed E-state index contributed by atoms with van der Waals surface area (Å²) in [5, 5.41) is 3.30. The van der Waals surface area contributed by atoms with Gasteiger partial charge in [-0.15, -0.1) is 0 Å². The van der Waals surface area contributed by atoms with Gasteiger partial charge in [-0.05, 0) is 31.0 Å². The van der Waals surface area contributed by atoms with Crippen LogP contribution in [0.15, 0.2) is 23.8 Å². The molecule has 0 spiro atoms. The number of rotatable bonds is 4. The van der Waals surface area contributed by atoms with Crippen molar-refractivity contribution in [1.82, 2.24) is 5.32 Å². The van der Waals surface area contributed by atoms with Crippen LogP contribution in [0.2, 0.25) is 0 Å². The SMILES string of the molecule is CCNCC1=CCC(CN)C=C1. The number of nitrogens with one attached hydrogen (secondary N) is 1. The molecular weight excluding hydrogens is 148 g/mol. The van der Waals surface area contributed by atoms with Gasteiger partial charge in [0.15, 0.2) is 0 Å². The number of nitrogens with two attached hydrogens (primary N) is 1. The van der Waals surface area contributed by atoms with Gasteiger partial charge in [0.1, 0.15) is 0 Å². The Hall–Kier alpha value is -0.600. The second kappa shape index (κ2) is 5.12. The van der Waals surface area contributed by atoms with Crippen molar-refractivity contribution in [2.45, 2.75) is 13.3 Å². The zero-order valence-electron chi connectivity index (χ0n) is 7.72. The first kappa shape index (κ1) is 9.49. The van der Waals surface area contributed by atoms with Gasteiger partial charge in [0.25, 0.3) is 0 Å². The maximum absolute atomic E-state index is 5.55. The van der Waals surface area contributed by atoms with Gasteiger partial charge in [0.05, 0.1) is 0 Å². The van der Waals surface area contributed by atoms with E-state index in [1.807, 2.05) is 0 Å². The third-order valence-electron chi connectivity index (χ3n) is 2.15. The summed E-state index contributed by atoms with van der Waals surface area (Å²) in [4.78, 5) is 0. The summed E-state index contributed by atoms with van der Waals surface area (Å²) >= 11 is 0. The van der Waals surface area contributed by atoms with Crippen molar-refractivity contribution >= 4 is 0 Å². The molecule has 0 bridgehead atoms. The van der Waals surface area contributed by atoms with Gasteiger partial charge >= 0.3 is 0 Å². The molecule has 1 unspecified atom stereocenters. The topological polar surface area (TPSA) is 38.0 Å². The Kier molecular flexibility index (Phi) is 4.05. The van der Waals surface area contributed by atoms with Gasteiger partial charge in [-0.3, -0.25) is 0 Å². The van der Waals surface area contributed by atoms with Crippen LogP contribution >= 0.6 is 0 Å². The first-order chi connectivity index (χ1) is 5.86. The summed E-state index contributed by atoms with van der Waals surface area (Å²) in [5.41, 5.74) is 6.94. The van der Waals surface area contributed by atoms with E-state index >= 15 is 0 Å². The minimum absolute atomic E-state index is 0.565. The van der Waals surface area contributed by atoms with Crippen molar-refractivity contribution in [2.75, 3.05) is 19.6 Å². The van der Waals surface area contributed by atoms with E-state index < -0.39 is 0 Å². The lowest BCUT2D eigenvalue weighted by Crippen LogP contribution is -2.18. The van der Waals surface area contributed by atoms with Crippen LogP contribution in [0, 0.1) is 5.92 Å². The van der Waals surface area contributed by atoms with Crippen LogP contribution < -0.4 is 11.1 Å². The Morgan fingerprint density at radius 2 is 2.50 bits per heavy atom. The maximum Gasteiger partial charge on any atom is 0.0202 e. The van der Waals surface area contributed by atoms with E-state index in [1.165, 1.54) is 5.57 Å². The highest BCUT2D eigenvalue weighted by Crippen LogP contribution is 2.14. The molecule has 1 aliphatic carbocycles. The fourth-order valence-corrected chi connectivity index (χ4v) is 1.28. The van der Waals surface area contributed by atoms with Crippen molar-refractivity contribution in [3.8, 4) is 0 Å². The van der Waals surface area contributed by atoms with E-state index in [0.29, 0.717) is 5.92 Å². The van der Waals surface area contributed by atoms with Crippen molar-refractivity contribution in [3.63, 3.8) is 0 Å². The van der Waals surface area contributed by atoms with Crippen molar-refractivity contribution in [3.05, 3.63) is 23.8 Å². The van der Waals surface area contributed by atoms with Crippen LogP contribution in [-0.4, -0.2) is 19.6 Å². The van der Waals surface area contributed by atoms with Crippen LogP contribution in [0.1, 0.15) is 13.3 Å². The van der Waals surface area contributed by atoms with Crippen molar-refractivity contribution in [2.24, 2.45) is 11.7 Å². The van der Waals surface area contributed by atoms with Gasteiger partial charge in [0, 0.05) is 6.54 Å². The predicted molar refractivity (Wildman–Crippen MR) is 52.9 cm³/mol. The molecule has 0 amide bonds. The number of allylic oxidation sites excluding steroid dienone is 1. The minimum atomic E-state index is 0.565. The van der Waals surface area contributed by atoms with Crippen molar-refractivity contribution < 1.29 is 0 Å². The average molecular weight is 166 g/mol. The summed E-state index contributed by atoms with van der Waals surface area (Å²) < 4.78 is 0. The minimum Gasteiger partial charge on any atom is -0.330 e. The van der Waals surface area contributed by atoms with Gasteiger partial charge in [-0.2, -0.15) is 0 Å². The second-order valence-electron chi connectivity index (χ2n) is 3.15. The lowest BCUT2D eigenvalue weighted by atomic mass is 9.97.